The molecule has 0 unspecified atom stereocenters. The molecule has 1 saturated carbocycles. The van der Waals surface area contributed by atoms with Crippen molar-refractivity contribution in [1.82, 2.24) is 15.5 Å². The Morgan fingerprint density at radius 3 is 2.95 bits per heavy atom. The zero-order valence-corrected chi connectivity index (χ0v) is 12.2. The summed E-state index contributed by atoms with van der Waals surface area (Å²) >= 11 is 1.48. The summed E-state index contributed by atoms with van der Waals surface area (Å²) in [7, 11) is 1.41. The van der Waals surface area contributed by atoms with Crippen molar-refractivity contribution in [2.45, 2.75) is 25.4 Å². The van der Waals surface area contributed by atoms with Crippen molar-refractivity contribution in [2.24, 2.45) is 0 Å². The van der Waals surface area contributed by atoms with Crippen molar-refractivity contribution in [3.8, 4) is 16.3 Å². The average Bonchev–Trinajstić information content (AvgIpc) is 3.20. The second kappa shape index (κ2) is 5.74. The third kappa shape index (κ3) is 3.17. The summed E-state index contributed by atoms with van der Waals surface area (Å²) in [6.45, 7) is 0.715. The van der Waals surface area contributed by atoms with Crippen LogP contribution in [-0.2, 0) is 6.54 Å². The Bertz CT molecular complexity index is 669. The Balaban J connectivity index is 1.80. The van der Waals surface area contributed by atoms with E-state index in [1.165, 1.54) is 37.4 Å². The van der Waals surface area contributed by atoms with E-state index in [1.807, 2.05) is 0 Å². The number of ether oxygens (including phenoxy) is 1. The van der Waals surface area contributed by atoms with Crippen molar-refractivity contribution < 1.29 is 9.66 Å². The lowest BCUT2D eigenvalue weighted by molar-refractivity contribution is -0.385. The molecule has 8 heteroatoms. The molecule has 1 aliphatic rings. The minimum absolute atomic E-state index is 0.0543. The Hall–Kier alpha value is -2.06. The van der Waals surface area contributed by atoms with Crippen molar-refractivity contribution in [3.63, 3.8) is 0 Å². The summed E-state index contributed by atoms with van der Waals surface area (Å²) in [5.74, 6) is 0.227. The van der Waals surface area contributed by atoms with Gasteiger partial charge in [-0.3, -0.25) is 10.1 Å². The van der Waals surface area contributed by atoms with E-state index in [-0.39, 0.29) is 11.4 Å². The molecule has 1 aromatic heterocycles. The van der Waals surface area contributed by atoms with E-state index in [9.17, 15) is 10.1 Å². The first kappa shape index (κ1) is 13.9. The van der Waals surface area contributed by atoms with E-state index in [2.05, 4.69) is 15.5 Å². The monoisotopic (exact) mass is 306 g/mol. The maximum absolute atomic E-state index is 10.9. The molecule has 0 spiro atoms. The van der Waals surface area contributed by atoms with Crippen LogP contribution in [0.5, 0.6) is 5.75 Å². The summed E-state index contributed by atoms with van der Waals surface area (Å²) < 4.78 is 5.07. The Morgan fingerprint density at radius 1 is 1.48 bits per heavy atom. The van der Waals surface area contributed by atoms with Gasteiger partial charge in [-0.15, -0.1) is 10.2 Å². The summed E-state index contributed by atoms with van der Waals surface area (Å²) in [5, 5.41) is 24.2. The van der Waals surface area contributed by atoms with Gasteiger partial charge in [0.25, 0.3) is 0 Å². The van der Waals surface area contributed by atoms with Gasteiger partial charge in [-0.05, 0) is 25.0 Å². The van der Waals surface area contributed by atoms with Crippen LogP contribution in [0, 0.1) is 10.1 Å². The summed E-state index contributed by atoms with van der Waals surface area (Å²) in [6, 6.07) is 5.34. The molecule has 0 radical (unpaired) electrons. The molecule has 0 atom stereocenters. The molecule has 7 nitrogen and oxygen atoms in total. The zero-order chi connectivity index (χ0) is 14.8. The van der Waals surface area contributed by atoms with Gasteiger partial charge in [0.05, 0.1) is 12.0 Å². The Kier molecular flexibility index (Phi) is 3.80. The maximum Gasteiger partial charge on any atom is 0.310 e. The van der Waals surface area contributed by atoms with Crippen LogP contribution >= 0.6 is 11.3 Å². The van der Waals surface area contributed by atoms with Gasteiger partial charge in [-0.2, -0.15) is 0 Å². The van der Waals surface area contributed by atoms with E-state index >= 15 is 0 Å². The van der Waals surface area contributed by atoms with Gasteiger partial charge in [0.15, 0.2) is 5.75 Å². The van der Waals surface area contributed by atoms with Gasteiger partial charge in [0.1, 0.15) is 10.0 Å². The number of aromatic nitrogens is 2. The lowest BCUT2D eigenvalue weighted by Crippen LogP contribution is -2.14. The van der Waals surface area contributed by atoms with Crippen LogP contribution in [0.25, 0.3) is 10.6 Å². The van der Waals surface area contributed by atoms with Crippen LogP contribution in [0.15, 0.2) is 18.2 Å². The highest BCUT2D eigenvalue weighted by atomic mass is 32.1. The maximum atomic E-state index is 10.9. The van der Waals surface area contributed by atoms with Crippen LogP contribution in [-0.4, -0.2) is 28.3 Å². The number of nitrogens with one attached hydrogen (secondary N) is 1. The SMILES string of the molecule is COc1cc(-c2nnc(CNC3CC3)s2)ccc1[N+](=O)[O-]. The molecule has 1 fully saturated rings. The molecule has 21 heavy (non-hydrogen) atoms. The van der Waals surface area contributed by atoms with Crippen LogP contribution in [0.3, 0.4) is 0 Å². The highest BCUT2D eigenvalue weighted by Gasteiger charge is 2.21. The van der Waals surface area contributed by atoms with E-state index in [4.69, 9.17) is 4.74 Å². The largest absolute Gasteiger partial charge is 0.490 e. The Morgan fingerprint density at radius 2 is 2.29 bits per heavy atom. The number of benzene rings is 1. The van der Waals surface area contributed by atoms with Gasteiger partial charge in [0.2, 0.25) is 0 Å². The average molecular weight is 306 g/mol. The molecule has 0 amide bonds. The minimum atomic E-state index is -0.465. The number of nitrogens with zero attached hydrogens (tertiary/aromatic N) is 3. The van der Waals surface area contributed by atoms with E-state index < -0.39 is 4.92 Å². The van der Waals surface area contributed by atoms with Crippen molar-refractivity contribution >= 4 is 17.0 Å². The molecule has 1 N–H and O–H groups in total. The smallest absolute Gasteiger partial charge is 0.310 e. The minimum Gasteiger partial charge on any atom is -0.490 e. The van der Waals surface area contributed by atoms with Crippen molar-refractivity contribution in [3.05, 3.63) is 33.3 Å². The Labute approximate surface area is 125 Å². The van der Waals surface area contributed by atoms with Gasteiger partial charge in [-0.25, -0.2) is 0 Å². The second-order valence-electron chi connectivity index (χ2n) is 4.80. The van der Waals surface area contributed by atoms with Gasteiger partial charge in [0, 0.05) is 24.2 Å². The number of nitro groups is 1. The number of rotatable bonds is 6. The van der Waals surface area contributed by atoms with Crippen LogP contribution in [0.4, 0.5) is 5.69 Å². The van der Waals surface area contributed by atoms with Gasteiger partial charge >= 0.3 is 5.69 Å². The van der Waals surface area contributed by atoms with E-state index in [0.717, 1.165) is 15.6 Å². The standard InChI is InChI=1S/C13H14N4O3S/c1-20-11-6-8(2-5-10(11)17(18)19)13-16-15-12(21-13)7-14-9-3-4-9/h2,5-6,9,14H,3-4,7H2,1H3. The first-order chi connectivity index (χ1) is 10.2. The predicted octanol–water partition coefficient (Wildman–Crippen LogP) is 2.37. The fraction of sp³-hybridized carbons (Fsp3) is 0.385. The molecule has 0 saturated heterocycles. The van der Waals surface area contributed by atoms with Crippen molar-refractivity contribution in [2.75, 3.05) is 7.11 Å². The molecule has 110 valence electrons. The van der Waals surface area contributed by atoms with Crippen LogP contribution in [0.2, 0.25) is 0 Å². The van der Waals surface area contributed by atoms with Crippen molar-refractivity contribution in [1.29, 1.82) is 0 Å². The topological polar surface area (TPSA) is 90.2 Å². The predicted molar refractivity (Wildman–Crippen MR) is 78.4 cm³/mol. The summed E-state index contributed by atoms with van der Waals surface area (Å²) in [4.78, 5) is 10.4. The van der Waals surface area contributed by atoms with E-state index in [1.54, 1.807) is 12.1 Å². The van der Waals surface area contributed by atoms with Gasteiger partial charge in [-0.1, -0.05) is 11.3 Å². The molecule has 0 aliphatic heterocycles. The lowest BCUT2D eigenvalue weighted by atomic mass is 10.2. The molecule has 2 aromatic rings. The number of methoxy groups -OCH3 is 1. The summed E-state index contributed by atoms with van der Waals surface area (Å²) in [5.41, 5.74) is 0.717. The zero-order valence-electron chi connectivity index (χ0n) is 11.4. The lowest BCUT2D eigenvalue weighted by Gasteiger charge is -2.02. The first-order valence-corrected chi connectivity index (χ1v) is 7.37. The molecule has 1 aliphatic carbocycles. The number of hydrogen-bond donors (Lipinski definition) is 1. The highest BCUT2D eigenvalue weighted by Crippen LogP contribution is 2.33. The molecule has 1 aromatic carbocycles. The fourth-order valence-electron chi connectivity index (χ4n) is 1.92. The summed E-state index contributed by atoms with van der Waals surface area (Å²) in [6.07, 6.45) is 2.45. The van der Waals surface area contributed by atoms with Gasteiger partial charge < -0.3 is 10.1 Å². The van der Waals surface area contributed by atoms with Crippen LogP contribution < -0.4 is 10.1 Å². The first-order valence-electron chi connectivity index (χ1n) is 6.56. The molecular weight excluding hydrogens is 292 g/mol. The van der Waals surface area contributed by atoms with Crippen LogP contribution in [0.1, 0.15) is 17.8 Å². The quantitative estimate of drug-likeness (QED) is 0.651. The molecule has 0 bridgehead atoms. The fourth-order valence-corrected chi connectivity index (χ4v) is 2.71. The second-order valence-corrected chi connectivity index (χ2v) is 5.86. The number of hydrogen-bond acceptors (Lipinski definition) is 7. The molecular formula is C13H14N4O3S. The highest BCUT2D eigenvalue weighted by molar-refractivity contribution is 7.14. The third-order valence-corrected chi connectivity index (χ3v) is 4.18. The molecule has 1 heterocycles. The third-order valence-electron chi connectivity index (χ3n) is 3.21. The van der Waals surface area contributed by atoms with E-state index in [0.29, 0.717) is 12.6 Å². The molecule has 3 rings (SSSR count). The number of nitro benzene ring substituents is 1. The normalized spacial score (nSPS) is 14.1.